The Bertz CT molecular complexity index is 1090. The summed E-state index contributed by atoms with van der Waals surface area (Å²) >= 11 is 13.9. The summed E-state index contributed by atoms with van der Waals surface area (Å²) in [6.07, 6.45) is 3.60. The van der Waals surface area contributed by atoms with Crippen molar-refractivity contribution < 1.29 is 0 Å². The van der Waals surface area contributed by atoms with Crippen molar-refractivity contribution >= 4 is 35.0 Å². The zero-order valence-corrected chi connectivity index (χ0v) is 19.2. The van der Waals surface area contributed by atoms with Crippen molar-refractivity contribution in [3.05, 3.63) is 74.4 Å². The highest BCUT2D eigenvalue weighted by atomic mass is 35.5. The lowest BCUT2D eigenvalue weighted by atomic mass is 10.1. The molecule has 0 N–H and O–H groups in total. The predicted octanol–water partition coefficient (Wildman–Crippen LogP) is 5.38. The molecule has 8 heteroatoms. The summed E-state index contributed by atoms with van der Waals surface area (Å²) in [7, 11) is 0. The van der Waals surface area contributed by atoms with E-state index in [1.54, 1.807) is 27.1 Å². The highest BCUT2D eigenvalue weighted by Crippen LogP contribution is 2.31. The first-order chi connectivity index (χ1) is 14.5. The SMILES string of the molecule is Cc1ccccc1-n1c(CSc2ccc(Cl)cc2Cl)nn(CN2CCCCC2)c1=O. The van der Waals surface area contributed by atoms with E-state index in [-0.39, 0.29) is 5.69 Å². The number of para-hydroxylation sites is 1. The lowest BCUT2D eigenvalue weighted by Crippen LogP contribution is -2.36. The van der Waals surface area contributed by atoms with Crippen LogP contribution in [-0.2, 0) is 12.4 Å². The fourth-order valence-corrected chi connectivity index (χ4v) is 5.12. The lowest BCUT2D eigenvalue weighted by molar-refractivity contribution is 0.170. The molecule has 1 aromatic heterocycles. The molecule has 0 saturated carbocycles. The molecule has 0 unspecified atom stereocenters. The largest absolute Gasteiger partial charge is 0.351 e. The van der Waals surface area contributed by atoms with Gasteiger partial charge in [-0.15, -0.1) is 11.8 Å². The Morgan fingerprint density at radius 1 is 1.07 bits per heavy atom. The van der Waals surface area contributed by atoms with E-state index in [0.29, 0.717) is 28.3 Å². The molecule has 0 radical (unpaired) electrons. The number of likely N-dealkylation sites (tertiary alicyclic amines) is 1. The van der Waals surface area contributed by atoms with Crippen molar-refractivity contribution in [1.29, 1.82) is 0 Å². The number of aryl methyl sites for hydroxylation is 1. The van der Waals surface area contributed by atoms with Crippen molar-refractivity contribution in [2.75, 3.05) is 13.1 Å². The van der Waals surface area contributed by atoms with Crippen LogP contribution in [-0.4, -0.2) is 32.3 Å². The quantitative estimate of drug-likeness (QED) is 0.460. The van der Waals surface area contributed by atoms with Gasteiger partial charge >= 0.3 is 5.69 Å². The number of piperidine rings is 1. The highest BCUT2D eigenvalue weighted by molar-refractivity contribution is 7.98. The van der Waals surface area contributed by atoms with Crippen LogP contribution in [0.1, 0.15) is 30.7 Å². The highest BCUT2D eigenvalue weighted by Gasteiger charge is 2.19. The third-order valence-electron chi connectivity index (χ3n) is 5.30. The number of thioether (sulfide) groups is 1. The first-order valence-electron chi connectivity index (χ1n) is 10.1. The molecular weight excluding hydrogens is 439 g/mol. The maximum Gasteiger partial charge on any atom is 0.351 e. The fraction of sp³-hybridized carbons (Fsp3) is 0.364. The summed E-state index contributed by atoms with van der Waals surface area (Å²) in [5, 5.41) is 5.92. The summed E-state index contributed by atoms with van der Waals surface area (Å²) in [6.45, 7) is 4.55. The van der Waals surface area contributed by atoms with Gasteiger partial charge in [-0.25, -0.2) is 9.36 Å². The molecule has 5 nitrogen and oxygen atoms in total. The average molecular weight is 463 g/mol. The van der Waals surface area contributed by atoms with Crippen LogP contribution in [0.3, 0.4) is 0 Å². The van der Waals surface area contributed by atoms with Gasteiger partial charge in [-0.2, -0.15) is 9.78 Å². The first-order valence-corrected chi connectivity index (χ1v) is 11.8. The van der Waals surface area contributed by atoms with Gasteiger partial charge in [0.2, 0.25) is 0 Å². The van der Waals surface area contributed by atoms with E-state index in [9.17, 15) is 4.79 Å². The van der Waals surface area contributed by atoms with Gasteiger partial charge in [0, 0.05) is 9.92 Å². The van der Waals surface area contributed by atoms with E-state index in [1.807, 2.05) is 43.3 Å². The van der Waals surface area contributed by atoms with Crippen molar-refractivity contribution in [3.8, 4) is 5.69 Å². The minimum absolute atomic E-state index is 0.104. The van der Waals surface area contributed by atoms with Gasteiger partial charge < -0.3 is 0 Å². The molecular formula is C22H24Cl2N4OS. The molecule has 0 atom stereocenters. The Morgan fingerprint density at radius 3 is 2.57 bits per heavy atom. The molecule has 0 spiro atoms. The monoisotopic (exact) mass is 462 g/mol. The Labute approximate surface area is 190 Å². The number of nitrogens with zero attached hydrogens (tertiary/aromatic N) is 4. The Kier molecular flexibility index (Phi) is 6.88. The van der Waals surface area contributed by atoms with Crippen LogP contribution >= 0.6 is 35.0 Å². The average Bonchev–Trinajstić information content (AvgIpc) is 3.03. The number of halogens is 2. The van der Waals surface area contributed by atoms with Crippen LogP contribution in [0.15, 0.2) is 52.2 Å². The molecule has 1 aliphatic rings. The predicted molar refractivity (Wildman–Crippen MR) is 124 cm³/mol. The summed E-state index contributed by atoms with van der Waals surface area (Å²) in [6, 6.07) is 13.3. The standard InChI is InChI=1S/C22H24Cl2N4OS/c1-16-7-3-4-8-19(16)28-21(14-30-20-10-9-17(23)13-18(20)24)25-27(22(28)29)15-26-11-5-2-6-12-26/h3-4,7-10,13H,2,5-6,11-12,14-15H2,1H3. The molecule has 1 saturated heterocycles. The molecule has 4 rings (SSSR count). The van der Waals surface area contributed by atoms with Crippen LogP contribution in [0.2, 0.25) is 10.0 Å². The van der Waals surface area contributed by atoms with Crippen molar-refractivity contribution in [3.63, 3.8) is 0 Å². The van der Waals surface area contributed by atoms with E-state index in [4.69, 9.17) is 28.3 Å². The van der Waals surface area contributed by atoms with E-state index in [1.165, 1.54) is 19.3 Å². The minimum atomic E-state index is -0.104. The molecule has 0 aliphatic carbocycles. The second-order valence-corrected chi connectivity index (χ2v) is 9.36. The third-order valence-corrected chi connectivity index (χ3v) is 7.03. The molecule has 30 heavy (non-hydrogen) atoms. The van der Waals surface area contributed by atoms with Crippen LogP contribution in [0, 0.1) is 6.92 Å². The molecule has 0 amide bonds. The Morgan fingerprint density at radius 2 is 1.83 bits per heavy atom. The molecule has 1 fully saturated rings. The normalized spacial score (nSPS) is 14.9. The maximum absolute atomic E-state index is 13.3. The number of aromatic nitrogens is 3. The van der Waals surface area contributed by atoms with E-state index >= 15 is 0 Å². The third kappa shape index (κ3) is 4.78. The lowest BCUT2D eigenvalue weighted by Gasteiger charge is -2.25. The molecule has 3 aromatic rings. The van der Waals surface area contributed by atoms with E-state index in [2.05, 4.69) is 4.90 Å². The minimum Gasteiger partial charge on any atom is -0.284 e. The summed E-state index contributed by atoms with van der Waals surface area (Å²) < 4.78 is 3.33. The summed E-state index contributed by atoms with van der Waals surface area (Å²) in [5.74, 6) is 1.24. The van der Waals surface area contributed by atoms with E-state index < -0.39 is 0 Å². The second kappa shape index (κ2) is 9.60. The zero-order valence-electron chi connectivity index (χ0n) is 16.9. The van der Waals surface area contributed by atoms with Crippen LogP contribution < -0.4 is 5.69 Å². The topological polar surface area (TPSA) is 43.1 Å². The van der Waals surface area contributed by atoms with Gasteiger partial charge in [0.25, 0.3) is 0 Å². The maximum atomic E-state index is 13.3. The Hall–Kier alpha value is -1.73. The number of rotatable bonds is 6. The smallest absolute Gasteiger partial charge is 0.284 e. The van der Waals surface area contributed by atoms with Gasteiger partial charge in [-0.1, -0.05) is 47.8 Å². The number of hydrogen-bond acceptors (Lipinski definition) is 4. The van der Waals surface area contributed by atoms with Crippen LogP contribution in [0.5, 0.6) is 0 Å². The van der Waals surface area contributed by atoms with Crippen molar-refractivity contribution in [2.24, 2.45) is 0 Å². The molecule has 0 bridgehead atoms. The van der Waals surface area contributed by atoms with Crippen molar-refractivity contribution in [1.82, 2.24) is 19.2 Å². The van der Waals surface area contributed by atoms with Gasteiger partial charge in [0.05, 0.1) is 23.1 Å². The number of hydrogen-bond donors (Lipinski definition) is 0. The molecule has 2 heterocycles. The molecule has 1 aliphatic heterocycles. The van der Waals surface area contributed by atoms with Gasteiger partial charge in [-0.05, 0) is 62.7 Å². The second-order valence-electron chi connectivity index (χ2n) is 7.50. The fourth-order valence-electron chi connectivity index (χ4n) is 3.72. The van der Waals surface area contributed by atoms with Crippen LogP contribution in [0.4, 0.5) is 0 Å². The number of benzene rings is 2. The van der Waals surface area contributed by atoms with Gasteiger partial charge in [-0.3, -0.25) is 4.90 Å². The molecule has 2 aromatic carbocycles. The van der Waals surface area contributed by atoms with Gasteiger partial charge in [0.15, 0.2) is 0 Å². The van der Waals surface area contributed by atoms with E-state index in [0.717, 1.165) is 29.2 Å². The van der Waals surface area contributed by atoms with Gasteiger partial charge in [0.1, 0.15) is 5.82 Å². The van der Waals surface area contributed by atoms with Crippen LogP contribution in [0.25, 0.3) is 5.69 Å². The first kappa shape index (κ1) is 21.5. The Balaban J connectivity index is 1.67. The zero-order chi connectivity index (χ0) is 21.1. The summed E-state index contributed by atoms with van der Waals surface area (Å²) in [5.41, 5.74) is 1.80. The summed E-state index contributed by atoms with van der Waals surface area (Å²) in [4.78, 5) is 16.5. The van der Waals surface area contributed by atoms with Crippen molar-refractivity contribution in [2.45, 2.75) is 43.5 Å². The molecule has 158 valence electrons.